The van der Waals surface area contributed by atoms with Crippen molar-refractivity contribution < 1.29 is 22.7 Å². The minimum absolute atomic E-state index is 0.00185. The normalized spacial score (nSPS) is 27.8. The van der Waals surface area contributed by atoms with Crippen LogP contribution in [0, 0.1) is 5.92 Å². The van der Waals surface area contributed by atoms with Crippen LogP contribution in [0.15, 0.2) is 24.3 Å². The predicted octanol–water partition coefficient (Wildman–Crippen LogP) is 2.25. The van der Waals surface area contributed by atoms with E-state index in [4.69, 9.17) is 5.73 Å². The molecule has 3 atom stereocenters. The summed E-state index contributed by atoms with van der Waals surface area (Å²) in [6.45, 7) is 1.16. The fourth-order valence-electron chi connectivity index (χ4n) is 3.04. The van der Waals surface area contributed by atoms with Crippen molar-refractivity contribution in [3.63, 3.8) is 0 Å². The Balaban J connectivity index is 1.71. The Hall–Kier alpha value is -1.76. The van der Waals surface area contributed by atoms with Gasteiger partial charge in [0.2, 0.25) is 5.91 Å². The lowest BCUT2D eigenvalue weighted by atomic mass is 10.1. The van der Waals surface area contributed by atoms with E-state index in [-0.39, 0.29) is 29.5 Å². The zero-order valence-electron chi connectivity index (χ0n) is 11.8. The monoisotopic (exact) mass is 314 g/mol. The Morgan fingerprint density at radius 2 is 2.05 bits per heavy atom. The van der Waals surface area contributed by atoms with E-state index in [1.165, 1.54) is 12.1 Å². The van der Waals surface area contributed by atoms with Crippen molar-refractivity contribution >= 4 is 5.91 Å². The fraction of sp³-hybridized carbons (Fsp3) is 0.533. The third kappa shape index (κ3) is 3.19. The van der Waals surface area contributed by atoms with Crippen LogP contribution in [0.25, 0.3) is 0 Å². The topological polar surface area (TPSA) is 55.6 Å². The molecule has 1 amide bonds. The van der Waals surface area contributed by atoms with Gasteiger partial charge in [-0.25, -0.2) is 0 Å². The highest BCUT2D eigenvalue weighted by Crippen LogP contribution is 2.51. The molecule has 0 spiro atoms. The number of amides is 1. The van der Waals surface area contributed by atoms with Gasteiger partial charge in [0.25, 0.3) is 0 Å². The fourth-order valence-corrected chi connectivity index (χ4v) is 3.04. The van der Waals surface area contributed by atoms with Gasteiger partial charge in [0.05, 0.1) is 0 Å². The summed E-state index contributed by atoms with van der Waals surface area (Å²) in [5, 5.41) is 0. The minimum atomic E-state index is -4.73. The molecule has 0 bridgehead atoms. The highest BCUT2D eigenvalue weighted by molar-refractivity contribution is 5.83. The summed E-state index contributed by atoms with van der Waals surface area (Å²) in [5.41, 5.74) is 6.23. The molecule has 0 unspecified atom stereocenters. The van der Waals surface area contributed by atoms with Gasteiger partial charge >= 0.3 is 6.36 Å². The Morgan fingerprint density at radius 3 is 2.68 bits per heavy atom. The van der Waals surface area contributed by atoms with Crippen molar-refractivity contribution in [3.05, 3.63) is 29.8 Å². The van der Waals surface area contributed by atoms with Crippen molar-refractivity contribution in [3.8, 4) is 5.75 Å². The molecule has 2 aliphatic rings. The molecule has 1 saturated heterocycles. The lowest BCUT2D eigenvalue weighted by Gasteiger charge is -2.16. The molecule has 1 aromatic carbocycles. The molecule has 1 aliphatic carbocycles. The summed E-state index contributed by atoms with van der Waals surface area (Å²) >= 11 is 0. The zero-order chi connectivity index (χ0) is 15.9. The molecule has 1 heterocycles. The van der Waals surface area contributed by atoms with E-state index < -0.39 is 6.36 Å². The first-order valence-electron chi connectivity index (χ1n) is 7.24. The lowest BCUT2D eigenvalue weighted by molar-refractivity contribution is -0.274. The summed E-state index contributed by atoms with van der Waals surface area (Å²) in [6.07, 6.45) is -3.40. The van der Waals surface area contributed by atoms with Gasteiger partial charge in [-0.05, 0) is 30.4 Å². The molecule has 4 nitrogen and oxygen atoms in total. The van der Waals surface area contributed by atoms with E-state index in [2.05, 4.69) is 4.74 Å². The summed E-state index contributed by atoms with van der Waals surface area (Å²) in [6, 6.07) is 6.03. The maximum atomic E-state index is 12.4. The first-order valence-corrected chi connectivity index (χ1v) is 7.24. The Kier molecular flexibility index (Phi) is 3.76. The third-order valence-electron chi connectivity index (χ3n) is 4.19. The standard InChI is InChI=1S/C15H17F3N2O2/c16-15(17,18)22-13-4-2-1-3-10(13)11-7-12(11)14(21)20-6-5-9(19)8-20/h1-4,9,11-12H,5-8,19H2/t9-,11-,12-/m0/s1. The largest absolute Gasteiger partial charge is 0.573 e. The van der Waals surface area contributed by atoms with Gasteiger partial charge in [0.1, 0.15) is 5.75 Å². The molecule has 0 aromatic heterocycles. The van der Waals surface area contributed by atoms with Crippen molar-refractivity contribution in [1.82, 2.24) is 4.90 Å². The van der Waals surface area contributed by atoms with Crippen LogP contribution in [0.3, 0.4) is 0 Å². The van der Waals surface area contributed by atoms with Crippen molar-refractivity contribution in [2.75, 3.05) is 13.1 Å². The molecule has 22 heavy (non-hydrogen) atoms. The lowest BCUT2D eigenvalue weighted by Crippen LogP contribution is -2.33. The molecule has 0 radical (unpaired) electrons. The number of nitrogens with two attached hydrogens (primary N) is 1. The highest BCUT2D eigenvalue weighted by atomic mass is 19.4. The molecular weight excluding hydrogens is 297 g/mol. The Bertz CT molecular complexity index is 576. The summed E-state index contributed by atoms with van der Waals surface area (Å²) in [5.74, 6) is -0.695. The molecule has 2 fully saturated rings. The second kappa shape index (κ2) is 5.46. The smallest absolute Gasteiger partial charge is 0.405 e. The number of alkyl halides is 3. The van der Waals surface area contributed by atoms with Crippen molar-refractivity contribution in [1.29, 1.82) is 0 Å². The molecule has 3 rings (SSSR count). The number of halogens is 3. The molecule has 120 valence electrons. The van der Waals surface area contributed by atoms with Gasteiger partial charge in [-0.15, -0.1) is 13.2 Å². The van der Waals surface area contributed by atoms with E-state index in [9.17, 15) is 18.0 Å². The first-order chi connectivity index (χ1) is 10.3. The number of likely N-dealkylation sites (tertiary alicyclic amines) is 1. The van der Waals surface area contributed by atoms with E-state index in [0.717, 1.165) is 6.42 Å². The molecule has 1 aromatic rings. The Labute approximate surface area is 126 Å². The number of hydrogen-bond donors (Lipinski definition) is 1. The molecule has 2 N–H and O–H groups in total. The summed E-state index contributed by atoms with van der Waals surface area (Å²) < 4.78 is 41.4. The average Bonchev–Trinajstić information content (AvgIpc) is 3.11. The van der Waals surface area contributed by atoms with E-state index in [1.807, 2.05) is 0 Å². The van der Waals surface area contributed by atoms with Crippen LogP contribution in [0.4, 0.5) is 13.2 Å². The second-order valence-electron chi connectivity index (χ2n) is 5.87. The van der Waals surface area contributed by atoms with Crippen molar-refractivity contribution in [2.45, 2.75) is 31.2 Å². The van der Waals surface area contributed by atoms with Crippen LogP contribution >= 0.6 is 0 Å². The molecule has 1 saturated carbocycles. The van der Waals surface area contributed by atoms with Crippen LogP contribution < -0.4 is 10.5 Å². The molecule has 7 heteroatoms. The highest BCUT2D eigenvalue weighted by Gasteiger charge is 2.48. The van der Waals surface area contributed by atoms with E-state index in [0.29, 0.717) is 25.1 Å². The maximum absolute atomic E-state index is 12.4. The number of carbonyl (C=O) groups excluding carboxylic acids is 1. The number of para-hydroxylation sites is 1. The van der Waals surface area contributed by atoms with Crippen LogP contribution in [0.5, 0.6) is 5.75 Å². The van der Waals surface area contributed by atoms with Crippen LogP contribution in [-0.2, 0) is 4.79 Å². The van der Waals surface area contributed by atoms with Gasteiger partial charge in [-0.2, -0.15) is 0 Å². The van der Waals surface area contributed by atoms with Gasteiger partial charge in [0.15, 0.2) is 0 Å². The second-order valence-corrected chi connectivity index (χ2v) is 5.87. The number of hydrogen-bond acceptors (Lipinski definition) is 3. The van der Waals surface area contributed by atoms with Gasteiger partial charge < -0.3 is 15.4 Å². The third-order valence-corrected chi connectivity index (χ3v) is 4.19. The number of ether oxygens (including phenoxy) is 1. The predicted molar refractivity (Wildman–Crippen MR) is 73.1 cm³/mol. The SMILES string of the molecule is N[C@H]1CCN(C(=O)[C@H]2C[C@H]2c2ccccc2OC(F)(F)F)C1. The number of carbonyl (C=O) groups is 1. The number of benzene rings is 1. The van der Waals surface area contributed by atoms with E-state index in [1.54, 1.807) is 17.0 Å². The van der Waals surface area contributed by atoms with Gasteiger partial charge in [0, 0.05) is 25.0 Å². The number of rotatable bonds is 3. The maximum Gasteiger partial charge on any atom is 0.573 e. The van der Waals surface area contributed by atoms with Gasteiger partial charge in [-0.1, -0.05) is 18.2 Å². The average molecular weight is 314 g/mol. The van der Waals surface area contributed by atoms with Crippen LogP contribution in [0.2, 0.25) is 0 Å². The van der Waals surface area contributed by atoms with Crippen LogP contribution in [-0.4, -0.2) is 36.3 Å². The van der Waals surface area contributed by atoms with E-state index >= 15 is 0 Å². The first kappa shape index (κ1) is 15.1. The van der Waals surface area contributed by atoms with Crippen molar-refractivity contribution in [2.24, 2.45) is 11.7 Å². The van der Waals surface area contributed by atoms with Crippen LogP contribution in [0.1, 0.15) is 24.3 Å². The Morgan fingerprint density at radius 1 is 1.32 bits per heavy atom. The molecule has 1 aliphatic heterocycles. The van der Waals surface area contributed by atoms with Gasteiger partial charge in [-0.3, -0.25) is 4.79 Å². The summed E-state index contributed by atoms with van der Waals surface area (Å²) in [4.78, 5) is 14.1. The summed E-state index contributed by atoms with van der Waals surface area (Å²) in [7, 11) is 0. The number of nitrogens with zero attached hydrogens (tertiary/aromatic N) is 1. The minimum Gasteiger partial charge on any atom is -0.405 e. The zero-order valence-corrected chi connectivity index (χ0v) is 11.8. The quantitative estimate of drug-likeness (QED) is 0.931. The molecular formula is C15H17F3N2O2.